The molecule has 0 aliphatic carbocycles. The summed E-state index contributed by atoms with van der Waals surface area (Å²) < 4.78 is 0.512. The predicted octanol–water partition coefficient (Wildman–Crippen LogP) is 3.81. The quantitative estimate of drug-likeness (QED) is 0.808. The van der Waals surface area contributed by atoms with Crippen LogP contribution in [0.5, 0.6) is 0 Å². The molecule has 20 heavy (non-hydrogen) atoms. The molecule has 0 spiro atoms. The highest BCUT2D eigenvalue weighted by Gasteiger charge is 2.14. The van der Waals surface area contributed by atoms with Crippen molar-refractivity contribution in [2.24, 2.45) is 0 Å². The molecule has 0 saturated heterocycles. The number of nitrogens with one attached hydrogen (secondary N) is 1. The Morgan fingerprint density at radius 2 is 2.10 bits per heavy atom. The molecule has 0 saturated carbocycles. The van der Waals surface area contributed by atoms with E-state index in [2.05, 4.69) is 21.2 Å². The maximum atomic E-state index is 12.2. The predicted molar refractivity (Wildman–Crippen MR) is 82.7 cm³/mol. The van der Waals surface area contributed by atoms with Crippen molar-refractivity contribution in [3.8, 4) is 6.07 Å². The number of rotatable bonds is 2. The summed E-state index contributed by atoms with van der Waals surface area (Å²) in [6.45, 7) is 0. The summed E-state index contributed by atoms with van der Waals surface area (Å²) >= 11 is 9.14. The van der Waals surface area contributed by atoms with Gasteiger partial charge in [0.1, 0.15) is 6.07 Å². The number of hydrogen-bond donors (Lipinski definition) is 2. The van der Waals surface area contributed by atoms with E-state index in [4.69, 9.17) is 22.6 Å². The smallest absolute Gasteiger partial charge is 0.256 e. The summed E-state index contributed by atoms with van der Waals surface area (Å²) in [6.07, 6.45) is 0. The lowest BCUT2D eigenvalue weighted by atomic mass is 10.1. The molecule has 4 nitrogen and oxygen atoms in total. The van der Waals surface area contributed by atoms with E-state index in [-0.39, 0.29) is 5.91 Å². The normalized spacial score (nSPS) is 9.85. The van der Waals surface area contributed by atoms with Gasteiger partial charge in [0.2, 0.25) is 0 Å². The maximum Gasteiger partial charge on any atom is 0.256 e. The Kier molecular flexibility index (Phi) is 4.28. The largest absolute Gasteiger partial charge is 0.398 e. The topological polar surface area (TPSA) is 78.9 Å². The van der Waals surface area contributed by atoms with Crippen LogP contribution in [0.1, 0.15) is 15.9 Å². The standard InChI is InChI=1S/C14H9BrClN3O/c15-13-10(2-1-3-11(13)18)14(20)19-12-6-9(16)5-4-8(12)7-17/h1-6H,18H2,(H,19,20). The summed E-state index contributed by atoms with van der Waals surface area (Å²) in [5.74, 6) is -0.372. The molecule has 0 aromatic heterocycles. The van der Waals surface area contributed by atoms with Gasteiger partial charge in [0.25, 0.3) is 5.91 Å². The first kappa shape index (κ1) is 14.4. The lowest BCUT2D eigenvalue weighted by molar-refractivity contribution is 0.102. The fourth-order valence-corrected chi connectivity index (χ4v) is 2.25. The van der Waals surface area contributed by atoms with Crippen molar-refractivity contribution in [1.29, 1.82) is 5.26 Å². The van der Waals surface area contributed by atoms with E-state index in [1.54, 1.807) is 30.3 Å². The van der Waals surface area contributed by atoms with E-state index in [0.29, 0.717) is 32.0 Å². The van der Waals surface area contributed by atoms with E-state index < -0.39 is 0 Å². The molecule has 100 valence electrons. The molecule has 6 heteroatoms. The maximum absolute atomic E-state index is 12.2. The number of anilines is 2. The molecule has 2 rings (SSSR count). The Hall–Kier alpha value is -2.03. The number of hydrogen-bond acceptors (Lipinski definition) is 3. The Balaban J connectivity index is 2.35. The van der Waals surface area contributed by atoms with Crippen molar-refractivity contribution in [3.05, 3.63) is 57.0 Å². The van der Waals surface area contributed by atoms with Crippen molar-refractivity contribution in [2.75, 3.05) is 11.1 Å². The van der Waals surface area contributed by atoms with Crippen LogP contribution in [0.2, 0.25) is 5.02 Å². The first-order chi connectivity index (χ1) is 9.52. The molecule has 0 aliphatic heterocycles. The molecular formula is C14H9BrClN3O. The van der Waals surface area contributed by atoms with Gasteiger partial charge in [-0.05, 0) is 46.3 Å². The van der Waals surface area contributed by atoms with E-state index in [1.807, 2.05) is 6.07 Å². The Morgan fingerprint density at radius 3 is 2.80 bits per heavy atom. The van der Waals surface area contributed by atoms with Gasteiger partial charge in [0.15, 0.2) is 0 Å². The zero-order valence-electron chi connectivity index (χ0n) is 10.2. The van der Waals surface area contributed by atoms with Crippen LogP contribution in [0, 0.1) is 11.3 Å². The number of nitrogens with two attached hydrogens (primary N) is 1. The Labute approximate surface area is 129 Å². The molecule has 1 amide bonds. The number of nitriles is 1. The molecule has 3 N–H and O–H groups in total. The number of carbonyl (C=O) groups excluding carboxylic acids is 1. The lowest BCUT2D eigenvalue weighted by Gasteiger charge is -2.09. The highest BCUT2D eigenvalue weighted by atomic mass is 79.9. The summed E-state index contributed by atoms with van der Waals surface area (Å²) in [5.41, 5.74) is 7.27. The van der Waals surface area contributed by atoms with E-state index in [9.17, 15) is 4.79 Å². The van der Waals surface area contributed by atoms with Gasteiger partial charge in [-0.1, -0.05) is 17.7 Å². The zero-order chi connectivity index (χ0) is 14.7. The summed E-state index contributed by atoms with van der Waals surface area (Å²) in [5, 5.41) is 12.1. The zero-order valence-corrected chi connectivity index (χ0v) is 12.5. The molecular weight excluding hydrogens is 342 g/mol. The number of nitrogens with zero attached hydrogens (tertiary/aromatic N) is 1. The van der Waals surface area contributed by atoms with Crippen molar-refractivity contribution in [3.63, 3.8) is 0 Å². The number of halogens is 2. The van der Waals surface area contributed by atoms with Gasteiger partial charge in [-0.3, -0.25) is 4.79 Å². The van der Waals surface area contributed by atoms with Crippen LogP contribution in [0.3, 0.4) is 0 Å². The van der Waals surface area contributed by atoms with Crippen molar-refractivity contribution in [2.45, 2.75) is 0 Å². The molecule has 0 unspecified atom stereocenters. The average Bonchev–Trinajstić information content (AvgIpc) is 2.42. The van der Waals surface area contributed by atoms with E-state index in [0.717, 1.165) is 0 Å². The summed E-state index contributed by atoms with van der Waals surface area (Å²) in [4.78, 5) is 12.2. The number of nitrogen functional groups attached to an aromatic ring is 1. The Morgan fingerprint density at radius 1 is 1.35 bits per heavy atom. The van der Waals surface area contributed by atoms with Crippen molar-refractivity contribution in [1.82, 2.24) is 0 Å². The highest BCUT2D eigenvalue weighted by molar-refractivity contribution is 9.10. The van der Waals surface area contributed by atoms with Crippen LogP contribution in [0.25, 0.3) is 0 Å². The van der Waals surface area contributed by atoms with Gasteiger partial charge in [-0.25, -0.2) is 0 Å². The van der Waals surface area contributed by atoms with Crippen LogP contribution >= 0.6 is 27.5 Å². The highest BCUT2D eigenvalue weighted by Crippen LogP contribution is 2.26. The molecule has 0 aliphatic rings. The lowest BCUT2D eigenvalue weighted by Crippen LogP contribution is -2.14. The molecule has 0 fully saturated rings. The average molecular weight is 351 g/mol. The first-order valence-electron chi connectivity index (χ1n) is 5.58. The minimum Gasteiger partial charge on any atom is -0.398 e. The van der Waals surface area contributed by atoms with E-state index >= 15 is 0 Å². The second kappa shape index (κ2) is 5.95. The van der Waals surface area contributed by atoms with Gasteiger partial charge in [0.05, 0.1) is 21.3 Å². The van der Waals surface area contributed by atoms with Crippen molar-refractivity contribution >= 4 is 44.8 Å². The third kappa shape index (κ3) is 2.93. The number of amides is 1. The SMILES string of the molecule is N#Cc1ccc(Cl)cc1NC(=O)c1cccc(N)c1Br. The molecule has 2 aromatic rings. The van der Waals surface area contributed by atoms with Crippen molar-refractivity contribution < 1.29 is 4.79 Å². The minimum atomic E-state index is -0.372. The number of benzene rings is 2. The van der Waals surface area contributed by atoms with Crippen LogP contribution in [0.4, 0.5) is 11.4 Å². The van der Waals surface area contributed by atoms with Crippen LogP contribution < -0.4 is 11.1 Å². The third-order valence-electron chi connectivity index (χ3n) is 2.62. The van der Waals surface area contributed by atoms with Gasteiger partial charge in [0, 0.05) is 10.7 Å². The molecule has 0 heterocycles. The summed E-state index contributed by atoms with van der Waals surface area (Å²) in [7, 11) is 0. The molecule has 0 bridgehead atoms. The first-order valence-corrected chi connectivity index (χ1v) is 6.75. The fourth-order valence-electron chi connectivity index (χ4n) is 1.63. The van der Waals surface area contributed by atoms with Crippen LogP contribution in [-0.2, 0) is 0 Å². The van der Waals surface area contributed by atoms with Gasteiger partial charge in [-0.2, -0.15) is 5.26 Å². The van der Waals surface area contributed by atoms with Gasteiger partial charge in [-0.15, -0.1) is 0 Å². The second-order valence-corrected chi connectivity index (χ2v) is 5.19. The third-order valence-corrected chi connectivity index (χ3v) is 3.74. The second-order valence-electron chi connectivity index (χ2n) is 3.96. The van der Waals surface area contributed by atoms with Crippen LogP contribution in [0.15, 0.2) is 40.9 Å². The summed E-state index contributed by atoms with van der Waals surface area (Å²) in [6, 6.07) is 11.7. The number of carbonyl (C=O) groups is 1. The molecule has 0 radical (unpaired) electrons. The molecule has 0 atom stereocenters. The minimum absolute atomic E-state index is 0.336. The van der Waals surface area contributed by atoms with Gasteiger partial charge >= 0.3 is 0 Å². The van der Waals surface area contributed by atoms with Gasteiger partial charge < -0.3 is 11.1 Å². The molecule has 2 aromatic carbocycles. The van der Waals surface area contributed by atoms with Crippen LogP contribution in [-0.4, -0.2) is 5.91 Å². The van der Waals surface area contributed by atoms with E-state index in [1.165, 1.54) is 6.07 Å². The fraction of sp³-hybridized carbons (Fsp3) is 0. The Bertz CT molecular complexity index is 725. The monoisotopic (exact) mass is 349 g/mol.